The summed E-state index contributed by atoms with van der Waals surface area (Å²) in [6.07, 6.45) is 1.24. The van der Waals surface area contributed by atoms with E-state index < -0.39 is 10.9 Å². The average molecular weight is 211 g/mol. The highest BCUT2D eigenvalue weighted by Crippen LogP contribution is 2.12. The first-order chi connectivity index (χ1) is 7.09. The molecule has 1 aromatic heterocycles. The van der Waals surface area contributed by atoms with Crippen molar-refractivity contribution in [1.29, 1.82) is 0 Å². The summed E-state index contributed by atoms with van der Waals surface area (Å²) < 4.78 is 0. The average Bonchev–Trinajstić information content (AvgIpc) is 2.71. The number of aromatic nitrogens is 3. The number of aromatic amines is 1. The molecule has 0 bridgehead atoms. The summed E-state index contributed by atoms with van der Waals surface area (Å²) >= 11 is 0. The Labute approximate surface area is 81.6 Å². The lowest BCUT2D eigenvalue weighted by Crippen LogP contribution is -2.51. The number of amidine groups is 1. The third-order valence-corrected chi connectivity index (χ3v) is 1.46. The molecule has 0 saturated carbocycles. The molecule has 0 spiro atoms. The third-order valence-electron chi connectivity index (χ3n) is 1.46. The van der Waals surface area contributed by atoms with Gasteiger partial charge in [0.25, 0.3) is 0 Å². The molecular formula is C4H5N9O2. The molecule has 11 nitrogen and oxygen atoms in total. The molecule has 1 aliphatic rings. The first kappa shape index (κ1) is 9.14. The predicted octanol–water partition coefficient (Wildman–Crippen LogP) is -1.63. The van der Waals surface area contributed by atoms with E-state index >= 15 is 0 Å². The van der Waals surface area contributed by atoms with E-state index in [9.17, 15) is 10.1 Å². The number of aliphatic imine (C=N–C) groups is 1. The Morgan fingerprint density at radius 3 is 3.07 bits per heavy atom. The standard InChI is InChI=1S/C4H5N9O2/c5-4(12-13(14)15)8-3(10-11-4)2-6-1-7-9-2/h1,12H,5H2,(H,6,7,9). The summed E-state index contributed by atoms with van der Waals surface area (Å²) in [6, 6.07) is 0. The van der Waals surface area contributed by atoms with Crippen molar-refractivity contribution in [2.24, 2.45) is 21.0 Å². The van der Waals surface area contributed by atoms with Crippen LogP contribution >= 0.6 is 0 Å². The lowest BCUT2D eigenvalue weighted by molar-refractivity contribution is -0.559. The second-order valence-corrected chi connectivity index (χ2v) is 2.56. The second-order valence-electron chi connectivity index (χ2n) is 2.56. The van der Waals surface area contributed by atoms with E-state index in [0.717, 1.165) is 0 Å². The van der Waals surface area contributed by atoms with Gasteiger partial charge in [-0.3, -0.25) is 10.8 Å². The normalized spacial score (nSPS) is 23.9. The molecule has 0 aliphatic carbocycles. The molecule has 1 aliphatic heterocycles. The van der Waals surface area contributed by atoms with Gasteiger partial charge in [0.05, 0.1) is 0 Å². The smallest absolute Gasteiger partial charge is 0.264 e. The zero-order valence-electron chi connectivity index (χ0n) is 7.15. The van der Waals surface area contributed by atoms with Crippen molar-refractivity contribution in [3.63, 3.8) is 0 Å². The molecule has 1 atom stereocenters. The Morgan fingerprint density at radius 2 is 2.47 bits per heavy atom. The van der Waals surface area contributed by atoms with Crippen LogP contribution in [-0.2, 0) is 0 Å². The summed E-state index contributed by atoms with van der Waals surface area (Å²) in [5.74, 6) is -1.61. The Morgan fingerprint density at radius 1 is 1.67 bits per heavy atom. The summed E-state index contributed by atoms with van der Waals surface area (Å²) in [6.45, 7) is 0. The number of azo groups is 1. The van der Waals surface area contributed by atoms with E-state index in [1.807, 2.05) is 0 Å². The summed E-state index contributed by atoms with van der Waals surface area (Å²) in [7, 11) is 0. The van der Waals surface area contributed by atoms with Gasteiger partial charge >= 0.3 is 5.91 Å². The van der Waals surface area contributed by atoms with Crippen LogP contribution in [0.15, 0.2) is 21.5 Å². The van der Waals surface area contributed by atoms with Crippen LogP contribution in [0.4, 0.5) is 0 Å². The molecule has 4 N–H and O–H groups in total. The number of nitrogens with two attached hydrogens (primary N) is 1. The summed E-state index contributed by atoms with van der Waals surface area (Å²) in [5, 5.41) is 22.3. The number of nitrogens with one attached hydrogen (secondary N) is 2. The van der Waals surface area contributed by atoms with Gasteiger partial charge in [-0.1, -0.05) is 5.43 Å². The molecule has 2 heterocycles. The predicted molar refractivity (Wildman–Crippen MR) is 44.8 cm³/mol. The minimum atomic E-state index is -1.88. The van der Waals surface area contributed by atoms with Gasteiger partial charge in [-0.05, 0) is 0 Å². The quantitative estimate of drug-likeness (QED) is 0.309. The number of hydrogen-bond acceptors (Lipinski definition) is 8. The highest BCUT2D eigenvalue weighted by Gasteiger charge is 2.35. The van der Waals surface area contributed by atoms with Crippen LogP contribution in [0.1, 0.15) is 5.82 Å². The van der Waals surface area contributed by atoms with Gasteiger partial charge in [-0.2, -0.15) is 10.1 Å². The number of hydrazine groups is 1. The van der Waals surface area contributed by atoms with Gasteiger partial charge in [-0.25, -0.2) is 15.1 Å². The van der Waals surface area contributed by atoms with E-state index in [1.54, 1.807) is 5.43 Å². The van der Waals surface area contributed by atoms with Crippen molar-refractivity contribution in [3.05, 3.63) is 22.3 Å². The number of H-pyrrole nitrogens is 1. The van der Waals surface area contributed by atoms with Crippen LogP contribution < -0.4 is 11.2 Å². The third kappa shape index (κ3) is 1.76. The molecule has 78 valence electrons. The molecule has 0 amide bonds. The summed E-state index contributed by atoms with van der Waals surface area (Å²) in [4.78, 5) is 17.6. The Hall–Kier alpha value is -2.43. The van der Waals surface area contributed by atoms with Gasteiger partial charge < -0.3 is 0 Å². The Kier molecular flexibility index (Phi) is 1.86. The highest BCUT2D eigenvalue weighted by molar-refractivity contribution is 5.96. The topological polar surface area (TPSA) is 160 Å². The monoisotopic (exact) mass is 211 g/mol. The van der Waals surface area contributed by atoms with Crippen molar-refractivity contribution in [2.75, 3.05) is 0 Å². The first-order valence-electron chi connectivity index (χ1n) is 3.69. The maximum atomic E-state index is 10.2. The van der Waals surface area contributed by atoms with Crippen LogP contribution in [0, 0.1) is 10.1 Å². The van der Waals surface area contributed by atoms with E-state index in [0.29, 0.717) is 0 Å². The van der Waals surface area contributed by atoms with Gasteiger partial charge in [-0.15, -0.1) is 10.2 Å². The highest BCUT2D eigenvalue weighted by atomic mass is 16.7. The number of nitrogens with zero attached hydrogens (tertiary/aromatic N) is 6. The fourth-order valence-corrected chi connectivity index (χ4v) is 0.925. The van der Waals surface area contributed by atoms with Gasteiger partial charge in [0.2, 0.25) is 5.84 Å². The van der Waals surface area contributed by atoms with Crippen LogP contribution in [0.5, 0.6) is 0 Å². The van der Waals surface area contributed by atoms with Gasteiger partial charge in [0.15, 0.2) is 10.9 Å². The number of rotatable bonds is 3. The fraction of sp³-hybridized carbons (Fsp3) is 0.250. The fourth-order valence-electron chi connectivity index (χ4n) is 0.925. The first-order valence-corrected chi connectivity index (χ1v) is 3.69. The zero-order valence-corrected chi connectivity index (χ0v) is 7.15. The van der Waals surface area contributed by atoms with Crippen LogP contribution in [0.25, 0.3) is 0 Å². The van der Waals surface area contributed by atoms with Gasteiger partial charge in [0, 0.05) is 0 Å². The van der Waals surface area contributed by atoms with Crippen LogP contribution in [0.3, 0.4) is 0 Å². The molecular weight excluding hydrogens is 206 g/mol. The molecule has 15 heavy (non-hydrogen) atoms. The Bertz CT molecular complexity index is 435. The second kappa shape index (κ2) is 3.06. The van der Waals surface area contributed by atoms with Crippen molar-refractivity contribution >= 4 is 5.84 Å². The van der Waals surface area contributed by atoms with Crippen molar-refractivity contribution in [1.82, 2.24) is 20.6 Å². The van der Waals surface area contributed by atoms with Crippen molar-refractivity contribution in [2.45, 2.75) is 5.91 Å². The molecule has 1 aromatic rings. The SMILES string of the molecule is NC1(N[N+](=O)[O-])N=NC(c2ncn[nH]2)=N1. The lowest BCUT2D eigenvalue weighted by atomic mass is 10.5. The molecule has 11 heteroatoms. The lowest BCUT2D eigenvalue weighted by Gasteiger charge is -2.09. The maximum Gasteiger partial charge on any atom is 0.355 e. The van der Waals surface area contributed by atoms with E-state index in [-0.39, 0.29) is 11.7 Å². The molecule has 0 aromatic carbocycles. The molecule has 0 saturated heterocycles. The van der Waals surface area contributed by atoms with Crippen molar-refractivity contribution in [3.8, 4) is 0 Å². The number of nitro groups is 1. The molecule has 0 fully saturated rings. The van der Waals surface area contributed by atoms with Crippen LogP contribution in [-0.4, -0.2) is 32.0 Å². The Balaban J connectivity index is 2.23. The molecule has 2 rings (SSSR count). The van der Waals surface area contributed by atoms with Gasteiger partial charge in [0.1, 0.15) is 6.33 Å². The van der Waals surface area contributed by atoms with E-state index in [4.69, 9.17) is 5.73 Å². The zero-order chi connectivity index (χ0) is 10.9. The molecule has 1 unspecified atom stereocenters. The summed E-state index contributed by atoms with van der Waals surface area (Å²) in [5.41, 5.74) is 7.09. The van der Waals surface area contributed by atoms with E-state index in [1.165, 1.54) is 6.33 Å². The van der Waals surface area contributed by atoms with Crippen LogP contribution in [0.2, 0.25) is 0 Å². The molecule has 0 radical (unpaired) electrons. The van der Waals surface area contributed by atoms with E-state index in [2.05, 4.69) is 30.4 Å². The maximum absolute atomic E-state index is 10.2. The largest absolute Gasteiger partial charge is 0.355 e. The minimum Gasteiger partial charge on any atom is -0.264 e. The minimum absolute atomic E-state index is 0.0457. The van der Waals surface area contributed by atoms with Crippen molar-refractivity contribution < 1.29 is 5.03 Å². The number of hydrogen-bond donors (Lipinski definition) is 3.